The average Bonchev–Trinajstić information content (AvgIpc) is 3.12. The molecule has 0 N–H and O–H groups in total. The SMILES string of the molecule is CCOc1ccc2c(c1)S/C(=C1\Sc3cc(OCC)ccc3C1=O)C2=O. The van der Waals surface area contributed by atoms with Crippen LogP contribution in [-0.2, 0) is 0 Å². The second-order valence-corrected chi connectivity index (χ2v) is 7.81. The molecule has 0 amide bonds. The molecule has 2 aromatic carbocycles. The first kappa shape index (κ1) is 17.2. The molecule has 6 heteroatoms. The third kappa shape index (κ3) is 2.83. The van der Waals surface area contributed by atoms with Gasteiger partial charge in [0, 0.05) is 20.9 Å². The molecule has 0 atom stereocenters. The molecular weight excluding hydrogens is 368 g/mol. The lowest BCUT2D eigenvalue weighted by molar-refractivity contribution is 0.101. The van der Waals surface area contributed by atoms with Crippen molar-refractivity contribution in [2.45, 2.75) is 23.6 Å². The summed E-state index contributed by atoms with van der Waals surface area (Å²) in [6.07, 6.45) is 0. The van der Waals surface area contributed by atoms with E-state index in [2.05, 4.69) is 0 Å². The predicted octanol–water partition coefficient (Wildman–Crippen LogP) is 4.97. The lowest BCUT2D eigenvalue weighted by Gasteiger charge is -2.03. The number of ether oxygens (including phenoxy) is 2. The van der Waals surface area contributed by atoms with Gasteiger partial charge in [0.2, 0.25) is 11.6 Å². The summed E-state index contributed by atoms with van der Waals surface area (Å²) in [5.74, 6) is 1.27. The molecule has 26 heavy (non-hydrogen) atoms. The maximum Gasteiger partial charge on any atom is 0.202 e. The van der Waals surface area contributed by atoms with Crippen molar-refractivity contribution < 1.29 is 19.1 Å². The highest BCUT2D eigenvalue weighted by molar-refractivity contribution is 8.08. The lowest BCUT2D eigenvalue weighted by Crippen LogP contribution is -2.02. The molecule has 0 unspecified atom stereocenters. The van der Waals surface area contributed by atoms with Crippen molar-refractivity contribution in [1.29, 1.82) is 0 Å². The summed E-state index contributed by atoms with van der Waals surface area (Å²) in [6.45, 7) is 4.97. The minimum Gasteiger partial charge on any atom is -0.494 e. The zero-order valence-electron chi connectivity index (χ0n) is 14.3. The van der Waals surface area contributed by atoms with Gasteiger partial charge in [-0.3, -0.25) is 9.59 Å². The number of Topliss-reactive ketones (excluding diaryl/α,β-unsaturated/α-hetero) is 2. The first-order valence-electron chi connectivity index (χ1n) is 8.35. The van der Waals surface area contributed by atoms with Crippen LogP contribution in [0.5, 0.6) is 11.5 Å². The van der Waals surface area contributed by atoms with Gasteiger partial charge < -0.3 is 9.47 Å². The molecule has 4 nitrogen and oxygen atoms in total. The van der Waals surface area contributed by atoms with Crippen molar-refractivity contribution >= 4 is 35.1 Å². The number of hydrogen-bond donors (Lipinski definition) is 0. The molecule has 0 aliphatic carbocycles. The molecule has 132 valence electrons. The smallest absolute Gasteiger partial charge is 0.202 e. The molecule has 2 aliphatic rings. The van der Waals surface area contributed by atoms with Gasteiger partial charge in [-0.15, -0.1) is 0 Å². The van der Waals surface area contributed by atoms with Crippen LogP contribution in [0.3, 0.4) is 0 Å². The summed E-state index contributed by atoms with van der Waals surface area (Å²) in [6, 6.07) is 10.8. The number of thioether (sulfide) groups is 2. The second kappa shape index (κ2) is 6.85. The molecule has 0 bridgehead atoms. The van der Waals surface area contributed by atoms with Crippen LogP contribution in [0.4, 0.5) is 0 Å². The lowest BCUT2D eigenvalue weighted by atomic mass is 10.1. The third-order valence-electron chi connectivity index (χ3n) is 4.06. The number of hydrogen-bond acceptors (Lipinski definition) is 6. The normalized spacial score (nSPS) is 18.1. The quantitative estimate of drug-likeness (QED) is 0.694. The topological polar surface area (TPSA) is 52.6 Å². The van der Waals surface area contributed by atoms with E-state index in [1.165, 1.54) is 23.5 Å². The number of benzene rings is 2. The monoisotopic (exact) mass is 384 g/mol. The number of carbonyl (C=O) groups excluding carboxylic acids is 2. The van der Waals surface area contributed by atoms with Gasteiger partial charge in [0.1, 0.15) is 11.5 Å². The maximum absolute atomic E-state index is 12.8. The Labute approximate surface area is 160 Å². The number of carbonyl (C=O) groups is 2. The van der Waals surface area contributed by atoms with E-state index in [4.69, 9.17) is 9.47 Å². The first-order chi connectivity index (χ1) is 12.6. The standard InChI is InChI=1S/C20H16O4S2/c1-3-23-11-5-7-13-15(9-11)25-19(17(13)21)20-18(22)14-8-6-12(24-4-2)10-16(14)26-20/h5-10H,3-4H2,1-2H3/b20-19-. The number of fused-ring (bicyclic) bond motifs is 2. The van der Waals surface area contributed by atoms with Crippen LogP contribution >= 0.6 is 23.5 Å². The van der Waals surface area contributed by atoms with E-state index in [1.54, 1.807) is 24.3 Å². The van der Waals surface area contributed by atoms with Crippen LogP contribution in [0.15, 0.2) is 56.0 Å². The van der Waals surface area contributed by atoms with E-state index in [0.29, 0.717) is 34.2 Å². The molecule has 2 aromatic rings. The summed E-state index contributed by atoms with van der Waals surface area (Å²) >= 11 is 2.70. The Bertz CT molecular complexity index is 885. The summed E-state index contributed by atoms with van der Waals surface area (Å²) in [5.41, 5.74) is 1.25. The van der Waals surface area contributed by atoms with Crippen molar-refractivity contribution in [3.05, 3.63) is 57.3 Å². The average molecular weight is 384 g/mol. The first-order valence-corrected chi connectivity index (χ1v) is 9.98. The number of rotatable bonds is 4. The highest BCUT2D eigenvalue weighted by Crippen LogP contribution is 2.50. The van der Waals surface area contributed by atoms with Gasteiger partial charge in [0.25, 0.3) is 0 Å². The molecule has 0 spiro atoms. The fourth-order valence-corrected chi connectivity index (χ4v) is 5.28. The van der Waals surface area contributed by atoms with Crippen LogP contribution in [-0.4, -0.2) is 24.8 Å². The zero-order valence-corrected chi connectivity index (χ0v) is 16.0. The van der Waals surface area contributed by atoms with Crippen molar-refractivity contribution in [2.24, 2.45) is 0 Å². The molecule has 2 heterocycles. The third-order valence-corrected chi connectivity index (χ3v) is 6.49. The van der Waals surface area contributed by atoms with E-state index >= 15 is 0 Å². The van der Waals surface area contributed by atoms with E-state index in [-0.39, 0.29) is 11.6 Å². The molecule has 0 saturated heterocycles. The molecule has 2 aliphatic heterocycles. The Kier molecular flexibility index (Phi) is 4.54. The van der Waals surface area contributed by atoms with Crippen molar-refractivity contribution in [2.75, 3.05) is 13.2 Å². The van der Waals surface area contributed by atoms with Gasteiger partial charge in [-0.25, -0.2) is 0 Å². The van der Waals surface area contributed by atoms with Gasteiger partial charge in [0.15, 0.2) is 0 Å². The fourth-order valence-electron chi connectivity index (χ4n) is 2.92. The Balaban J connectivity index is 1.69. The number of ketones is 2. The van der Waals surface area contributed by atoms with E-state index in [0.717, 1.165) is 21.3 Å². The molecule has 0 radical (unpaired) electrons. The summed E-state index contributed by atoms with van der Waals surface area (Å²) in [7, 11) is 0. The number of allylic oxidation sites excluding steroid dienone is 2. The zero-order chi connectivity index (χ0) is 18.3. The van der Waals surface area contributed by atoms with E-state index in [9.17, 15) is 9.59 Å². The fraction of sp³-hybridized carbons (Fsp3) is 0.200. The van der Waals surface area contributed by atoms with Gasteiger partial charge in [0.05, 0.1) is 23.0 Å². The molecule has 0 fully saturated rings. The molecule has 0 aromatic heterocycles. The Morgan fingerprint density at radius 3 is 1.54 bits per heavy atom. The Morgan fingerprint density at radius 1 is 0.731 bits per heavy atom. The minimum absolute atomic E-state index is 0.0956. The molecule has 0 saturated carbocycles. The predicted molar refractivity (Wildman–Crippen MR) is 103 cm³/mol. The van der Waals surface area contributed by atoms with Crippen LogP contribution in [0, 0.1) is 0 Å². The largest absolute Gasteiger partial charge is 0.494 e. The van der Waals surface area contributed by atoms with Gasteiger partial charge in [-0.1, -0.05) is 23.5 Å². The summed E-state index contributed by atoms with van der Waals surface area (Å²) in [5, 5.41) is 0. The summed E-state index contributed by atoms with van der Waals surface area (Å²) < 4.78 is 11.0. The van der Waals surface area contributed by atoms with E-state index < -0.39 is 0 Å². The van der Waals surface area contributed by atoms with Gasteiger partial charge in [-0.2, -0.15) is 0 Å². The highest BCUT2D eigenvalue weighted by atomic mass is 32.2. The van der Waals surface area contributed by atoms with E-state index in [1.807, 2.05) is 26.0 Å². The van der Waals surface area contributed by atoms with Crippen molar-refractivity contribution in [3.63, 3.8) is 0 Å². The minimum atomic E-state index is -0.0956. The van der Waals surface area contributed by atoms with Crippen molar-refractivity contribution in [1.82, 2.24) is 0 Å². The second-order valence-electron chi connectivity index (χ2n) is 5.70. The Hall–Kier alpha value is -2.18. The van der Waals surface area contributed by atoms with Crippen LogP contribution < -0.4 is 9.47 Å². The van der Waals surface area contributed by atoms with Crippen LogP contribution in [0.25, 0.3) is 0 Å². The van der Waals surface area contributed by atoms with Crippen molar-refractivity contribution in [3.8, 4) is 11.5 Å². The van der Waals surface area contributed by atoms with Gasteiger partial charge in [-0.05, 0) is 50.2 Å². The summed E-state index contributed by atoms with van der Waals surface area (Å²) in [4.78, 5) is 28.3. The Morgan fingerprint density at radius 2 is 1.15 bits per heavy atom. The highest BCUT2D eigenvalue weighted by Gasteiger charge is 2.36. The molecule has 4 rings (SSSR count). The van der Waals surface area contributed by atoms with Gasteiger partial charge >= 0.3 is 0 Å². The maximum atomic E-state index is 12.8. The van der Waals surface area contributed by atoms with Crippen LogP contribution in [0.1, 0.15) is 34.6 Å². The van der Waals surface area contributed by atoms with Crippen LogP contribution in [0.2, 0.25) is 0 Å². The molecular formula is C20H16O4S2.